The molecule has 3 aliphatic rings. The molecule has 8 heteroatoms. The molecule has 1 N–H and O–H groups in total. The lowest BCUT2D eigenvalue weighted by atomic mass is 9.82. The quantitative estimate of drug-likeness (QED) is 0.269. The Hall–Kier alpha value is -3.81. The average Bonchev–Trinajstić information content (AvgIpc) is 3.86. The van der Waals surface area contributed by atoms with Gasteiger partial charge >= 0.3 is 0 Å². The Balaban J connectivity index is 1.22. The molecule has 2 amide bonds. The lowest BCUT2D eigenvalue weighted by Crippen LogP contribution is -2.61. The number of amides is 2. The molecule has 2 heterocycles. The van der Waals surface area contributed by atoms with Gasteiger partial charge in [-0.1, -0.05) is 53.6 Å². The third-order valence-electron chi connectivity index (χ3n) is 9.13. The van der Waals surface area contributed by atoms with Crippen molar-refractivity contribution >= 4 is 29.0 Å². The summed E-state index contributed by atoms with van der Waals surface area (Å²) in [6.45, 7) is 10.2. The first-order valence-electron chi connectivity index (χ1n) is 15.9. The summed E-state index contributed by atoms with van der Waals surface area (Å²) in [7, 11) is 0. The number of hydrogen-bond acceptors (Lipinski definition) is 5. The Morgan fingerprint density at radius 3 is 2.40 bits per heavy atom. The maximum atomic E-state index is 14.5. The highest BCUT2D eigenvalue weighted by atomic mass is 35.5. The first-order valence-corrected chi connectivity index (χ1v) is 16.3. The first kappa shape index (κ1) is 31.2. The Kier molecular flexibility index (Phi) is 9.20. The molecule has 3 aromatic carbocycles. The van der Waals surface area contributed by atoms with Crippen molar-refractivity contribution in [2.24, 2.45) is 0 Å². The zero-order valence-electron chi connectivity index (χ0n) is 26.6. The highest BCUT2D eigenvalue weighted by Crippen LogP contribution is 2.38. The maximum Gasteiger partial charge on any atom is 0.252 e. The molecular weight excluding hydrogens is 586 g/mol. The molecule has 1 saturated carbocycles. The molecule has 0 unspecified atom stereocenters. The second-order valence-electron chi connectivity index (χ2n) is 12.7. The van der Waals surface area contributed by atoms with E-state index in [1.165, 1.54) is 5.56 Å². The van der Waals surface area contributed by atoms with Gasteiger partial charge in [0.2, 0.25) is 5.91 Å². The molecule has 3 aromatic rings. The molecule has 2 bridgehead atoms. The largest absolute Gasteiger partial charge is 0.490 e. The number of fused-ring (bicyclic) bond motifs is 2. The maximum absolute atomic E-state index is 14.5. The third-order valence-corrected chi connectivity index (χ3v) is 9.42. The van der Waals surface area contributed by atoms with Gasteiger partial charge in [0.05, 0.1) is 11.1 Å². The van der Waals surface area contributed by atoms with Crippen LogP contribution in [0.2, 0.25) is 5.02 Å². The van der Waals surface area contributed by atoms with Crippen LogP contribution < -0.4 is 14.8 Å². The van der Waals surface area contributed by atoms with Gasteiger partial charge in [0.25, 0.3) is 5.91 Å². The number of benzene rings is 3. The summed E-state index contributed by atoms with van der Waals surface area (Å²) >= 11 is 6.35. The molecule has 0 radical (unpaired) electrons. The van der Waals surface area contributed by atoms with Crippen LogP contribution >= 0.6 is 11.6 Å². The van der Waals surface area contributed by atoms with E-state index < -0.39 is 0 Å². The van der Waals surface area contributed by atoms with Crippen LogP contribution in [-0.4, -0.2) is 66.0 Å². The van der Waals surface area contributed by atoms with E-state index in [9.17, 15) is 9.59 Å². The van der Waals surface area contributed by atoms with Gasteiger partial charge in [-0.05, 0) is 92.1 Å². The number of piperazine rings is 1. The molecule has 6 rings (SSSR count). The molecule has 1 aliphatic carbocycles. The van der Waals surface area contributed by atoms with Gasteiger partial charge in [-0.25, -0.2) is 0 Å². The number of aryl methyl sites for hydroxylation is 3. The number of hydrogen-bond donors (Lipinski definition) is 1. The van der Waals surface area contributed by atoms with Crippen LogP contribution in [0.4, 0.5) is 0 Å². The fourth-order valence-electron chi connectivity index (χ4n) is 6.47. The van der Waals surface area contributed by atoms with E-state index in [0.29, 0.717) is 50.0 Å². The van der Waals surface area contributed by atoms with Crippen LogP contribution in [0, 0.1) is 20.8 Å². The molecule has 2 atom stereocenters. The summed E-state index contributed by atoms with van der Waals surface area (Å²) in [5.41, 5.74) is 7.44. The monoisotopic (exact) mass is 627 g/mol. The molecular formula is C37H42ClN3O4. The topological polar surface area (TPSA) is 71.1 Å². The standard InChI is InChI=1S/C37H42ClN3O4/c1-23-6-5-7-27(16-23)20-41(30-10-11-30)37(43)36-32(19-29-21-40(26(4)42)22-34(36)39-29)28-8-12-31(13-9-28)44-14-15-45-35-18-25(3)24(2)17-33(35)38/h5-9,12-13,16-18,29-30,34,39H,10-11,14-15,19-22H2,1-4H3/t29-,34-/m1/s1. The summed E-state index contributed by atoms with van der Waals surface area (Å²) in [4.78, 5) is 30.9. The lowest BCUT2D eigenvalue weighted by Gasteiger charge is -2.44. The van der Waals surface area contributed by atoms with Crippen molar-refractivity contribution in [1.29, 1.82) is 0 Å². The van der Waals surface area contributed by atoms with Gasteiger partial charge in [0, 0.05) is 44.2 Å². The highest BCUT2D eigenvalue weighted by molar-refractivity contribution is 6.32. The van der Waals surface area contributed by atoms with Gasteiger partial charge in [-0.15, -0.1) is 0 Å². The van der Waals surface area contributed by atoms with Crippen molar-refractivity contribution in [3.8, 4) is 11.5 Å². The van der Waals surface area contributed by atoms with Gasteiger partial charge < -0.3 is 24.6 Å². The smallest absolute Gasteiger partial charge is 0.252 e. The summed E-state index contributed by atoms with van der Waals surface area (Å²) < 4.78 is 11.9. The summed E-state index contributed by atoms with van der Waals surface area (Å²) in [6, 6.07) is 20.4. The third kappa shape index (κ3) is 7.21. The van der Waals surface area contributed by atoms with Gasteiger partial charge in [0.15, 0.2) is 0 Å². The minimum absolute atomic E-state index is 0.0471. The van der Waals surface area contributed by atoms with Crippen LogP contribution in [0.15, 0.2) is 66.2 Å². The molecule has 45 heavy (non-hydrogen) atoms. The molecule has 7 nitrogen and oxygen atoms in total. The Morgan fingerprint density at radius 2 is 1.69 bits per heavy atom. The number of nitrogens with zero attached hydrogens (tertiary/aromatic N) is 2. The fourth-order valence-corrected chi connectivity index (χ4v) is 6.74. The average molecular weight is 628 g/mol. The van der Waals surface area contributed by atoms with Crippen molar-refractivity contribution < 1.29 is 19.1 Å². The summed E-state index contributed by atoms with van der Waals surface area (Å²) in [6.07, 6.45) is 2.72. The molecule has 2 fully saturated rings. The van der Waals surface area contributed by atoms with Crippen molar-refractivity contribution in [2.75, 3.05) is 26.3 Å². The SMILES string of the molecule is CC(=O)N1C[C@H]2CC(c3ccc(OCCOc4cc(C)c(C)cc4Cl)cc3)=C(C(=O)N(Cc3cccc(C)c3)C3CC3)[C@@H](C1)N2. The minimum Gasteiger partial charge on any atom is -0.490 e. The molecule has 0 aromatic heterocycles. The highest BCUT2D eigenvalue weighted by Gasteiger charge is 2.43. The molecule has 236 valence electrons. The van der Waals surface area contributed by atoms with Crippen LogP contribution in [0.3, 0.4) is 0 Å². The second kappa shape index (κ2) is 13.3. The van der Waals surface area contributed by atoms with Crippen molar-refractivity contribution in [3.05, 3.63) is 99.1 Å². The van der Waals surface area contributed by atoms with E-state index in [0.717, 1.165) is 52.0 Å². The molecule has 1 saturated heterocycles. The van der Waals surface area contributed by atoms with E-state index in [1.807, 2.05) is 55.1 Å². The number of rotatable bonds is 10. The Labute approximate surface area is 271 Å². The Bertz CT molecular complexity index is 1610. The number of carbonyl (C=O) groups excluding carboxylic acids is 2. The van der Waals surface area contributed by atoms with Crippen LogP contribution in [0.1, 0.15) is 54.0 Å². The van der Waals surface area contributed by atoms with Crippen molar-refractivity contribution in [1.82, 2.24) is 15.1 Å². The van der Waals surface area contributed by atoms with Crippen LogP contribution in [0.25, 0.3) is 5.57 Å². The minimum atomic E-state index is -0.215. The normalized spacial score (nSPS) is 19.4. The van der Waals surface area contributed by atoms with Crippen molar-refractivity contribution in [3.63, 3.8) is 0 Å². The van der Waals surface area contributed by atoms with Gasteiger partial charge in [0.1, 0.15) is 24.7 Å². The van der Waals surface area contributed by atoms with E-state index in [2.05, 4.69) is 41.4 Å². The van der Waals surface area contributed by atoms with Crippen LogP contribution in [0.5, 0.6) is 11.5 Å². The van der Waals surface area contributed by atoms with Crippen molar-refractivity contribution in [2.45, 2.75) is 71.6 Å². The molecule has 0 spiro atoms. The number of nitrogens with one attached hydrogen (secondary N) is 1. The van der Waals surface area contributed by atoms with Gasteiger partial charge in [-0.3, -0.25) is 9.59 Å². The van der Waals surface area contributed by atoms with E-state index >= 15 is 0 Å². The zero-order chi connectivity index (χ0) is 31.7. The summed E-state index contributed by atoms with van der Waals surface area (Å²) in [5.74, 6) is 1.51. The van der Waals surface area contributed by atoms with E-state index in [1.54, 1.807) is 6.92 Å². The number of carbonyl (C=O) groups is 2. The van der Waals surface area contributed by atoms with E-state index in [4.69, 9.17) is 21.1 Å². The predicted molar refractivity (Wildman–Crippen MR) is 178 cm³/mol. The number of halogens is 1. The second-order valence-corrected chi connectivity index (χ2v) is 13.1. The predicted octanol–water partition coefficient (Wildman–Crippen LogP) is 6.26. The summed E-state index contributed by atoms with van der Waals surface area (Å²) in [5, 5.41) is 4.27. The van der Waals surface area contributed by atoms with Gasteiger partial charge in [-0.2, -0.15) is 0 Å². The lowest BCUT2D eigenvalue weighted by molar-refractivity contribution is -0.132. The number of ether oxygens (including phenoxy) is 2. The fraction of sp³-hybridized carbons (Fsp3) is 0.405. The zero-order valence-corrected chi connectivity index (χ0v) is 27.3. The van der Waals surface area contributed by atoms with E-state index in [-0.39, 0.29) is 29.9 Å². The first-order chi connectivity index (χ1) is 21.7. The molecule has 2 aliphatic heterocycles. The Morgan fingerprint density at radius 1 is 0.956 bits per heavy atom. The van der Waals surface area contributed by atoms with Crippen LogP contribution in [-0.2, 0) is 16.1 Å².